The van der Waals surface area contributed by atoms with Crippen LogP contribution in [0.4, 0.5) is 0 Å². The summed E-state index contributed by atoms with van der Waals surface area (Å²) in [5.74, 6) is -0.0101. The Labute approximate surface area is 119 Å². The van der Waals surface area contributed by atoms with E-state index in [4.69, 9.17) is 4.74 Å². The summed E-state index contributed by atoms with van der Waals surface area (Å²) in [7, 11) is 1.55. The molecule has 0 spiro atoms. The molecule has 5 nitrogen and oxygen atoms in total. The molecule has 3 N–H and O–H groups in total. The van der Waals surface area contributed by atoms with Crippen molar-refractivity contribution >= 4 is 5.91 Å². The number of amides is 1. The van der Waals surface area contributed by atoms with Crippen LogP contribution in [0, 0.1) is 0 Å². The average molecular weight is 278 g/mol. The summed E-state index contributed by atoms with van der Waals surface area (Å²) >= 11 is 0. The molecule has 1 aliphatic heterocycles. The minimum Gasteiger partial charge on any atom is -0.391 e. The summed E-state index contributed by atoms with van der Waals surface area (Å²) in [4.78, 5) is 12.1. The van der Waals surface area contributed by atoms with E-state index in [0.717, 1.165) is 6.54 Å². The van der Waals surface area contributed by atoms with Crippen molar-refractivity contribution < 1.29 is 14.6 Å². The molecule has 5 heteroatoms. The van der Waals surface area contributed by atoms with Crippen LogP contribution in [-0.4, -0.2) is 43.4 Å². The number of aliphatic hydroxyl groups is 1. The molecule has 2 rings (SSSR count). The fraction of sp³-hybridized carbons (Fsp3) is 0.533. The normalized spacial score (nSPS) is 19.2. The largest absolute Gasteiger partial charge is 0.391 e. The van der Waals surface area contributed by atoms with Crippen molar-refractivity contribution in [3.05, 3.63) is 35.4 Å². The average Bonchev–Trinajstić information content (AvgIpc) is 2.47. The zero-order valence-electron chi connectivity index (χ0n) is 11.8. The number of carbonyl (C=O) groups excluding carboxylic acids is 1. The van der Waals surface area contributed by atoms with Crippen molar-refractivity contribution in [2.24, 2.45) is 0 Å². The van der Waals surface area contributed by atoms with E-state index in [0.29, 0.717) is 26.0 Å². The van der Waals surface area contributed by atoms with Crippen LogP contribution < -0.4 is 10.6 Å². The third-order valence-electron chi connectivity index (χ3n) is 3.53. The molecular formula is C15H22N2O3. The Morgan fingerprint density at radius 3 is 3.00 bits per heavy atom. The van der Waals surface area contributed by atoms with E-state index in [9.17, 15) is 9.90 Å². The maximum atomic E-state index is 12.1. The summed E-state index contributed by atoms with van der Waals surface area (Å²) in [6, 6.07) is 7.97. The highest BCUT2D eigenvalue weighted by Crippen LogP contribution is 2.16. The molecule has 20 heavy (non-hydrogen) atoms. The zero-order valence-corrected chi connectivity index (χ0v) is 11.8. The highest BCUT2D eigenvalue weighted by Gasteiger charge is 2.23. The number of carbonyl (C=O) groups is 1. The van der Waals surface area contributed by atoms with Crippen LogP contribution in [0.5, 0.6) is 0 Å². The molecule has 0 fully saturated rings. The Kier molecular flexibility index (Phi) is 5.52. The van der Waals surface area contributed by atoms with Gasteiger partial charge >= 0.3 is 0 Å². The van der Waals surface area contributed by atoms with Crippen LogP contribution in [0.25, 0.3) is 0 Å². The molecule has 0 radical (unpaired) electrons. The fourth-order valence-electron chi connectivity index (χ4n) is 2.40. The number of methoxy groups -OCH3 is 1. The number of hydrogen-bond donors (Lipinski definition) is 3. The lowest BCUT2D eigenvalue weighted by Gasteiger charge is -2.25. The van der Waals surface area contributed by atoms with E-state index in [1.807, 2.05) is 12.1 Å². The van der Waals surface area contributed by atoms with Crippen LogP contribution in [0.3, 0.4) is 0 Å². The molecule has 2 atom stereocenters. The third-order valence-corrected chi connectivity index (χ3v) is 3.53. The number of nitrogens with one attached hydrogen (secondary N) is 2. The van der Waals surface area contributed by atoms with Crippen molar-refractivity contribution in [3.63, 3.8) is 0 Å². The van der Waals surface area contributed by atoms with Crippen LogP contribution in [0.1, 0.15) is 17.5 Å². The van der Waals surface area contributed by atoms with Gasteiger partial charge in [0.1, 0.15) is 0 Å². The van der Waals surface area contributed by atoms with Gasteiger partial charge in [0.05, 0.1) is 18.8 Å². The second-order valence-corrected chi connectivity index (χ2v) is 5.10. The first-order valence-electron chi connectivity index (χ1n) is 6.95. The lowest BCUT2D eigenvalue weighted by Crippen LogP contribution is -2.48. The first kappa shape index (κ1) is 15.0. The first-order valence-corrected chi connectivity index (χ1v) is 6.95. The van der Waals surface area contributed by atoms with Gasteiger partial charge in [-0.15, -0.1) is 0 Å². The molecule has 1 aromatic carbocycles. The van der Waals surface area contributed by atoms with Crippen molar-refractivity contribution in [1.29, 1.82) is 0 Å². The predicted octanol–water partition coefficient (Wildman–Crippen LogP) is 0.214. The van der Waals surface area contributed by atoms with E-state index >= 15 is 0 Å². The molecule has 0 bridgehead atoms. The van der Waals surface area contributed by atoms with Crippen molar-refractivity contribution in [3.8, 4) is 0 Å². The quantitative estimate of drug-likeness (QED) is 0.696. The van der Waals surface area contributed by atoms with Crippen LogP contribution in [0.15, 0.2) is 24.3 Å². The second-order valence-electron chi connectivity index (χ2n) is 5.10. The zero-order chi connectivity index (χ0) is 14.4. The van der Waals surface area contributed by atoms with Gasteiger partial charge in [-0.3, -0.25) is 4.79 Å². The van der Waals surface area contributed by atoms with Gasteiger partial charge in [-0.1, -0.05) is 24.3 Å². The standard InChI is InChI=1S/C15H22N2O3/c1-20-10-13(18)6-7-16-15(19)14-8-11-4-2-3-5-12(11)9-17-14/h2-5,13-14,17-18H,6-10H2,1H3,(H,16,19). The van der Waals surface area contributed by atoms with Gasteiger partial charge in [-0.25, -0.2) is 0 Å². The third kappa shape index (κ3) is 4.03. The van der Waals surface area contributed by atoms with E-state index in [1.54, 1.807) is 7.11 Å². The predicted molar refractivity (Wildman–Crippen MR) is 76.3 cm³/mol. The van der Waals surface area contributed by atoms with Crippen LogP contribution in [-0.2, 0) is 22.5 Å². The maximum Gasteiger partial charge on any atom is 0.237 e. The minimum absolute atomic E-state index is 0.0101. The Hall–Kier alpha value is -1.43. The van der Waals surface area contributed by atoms with Crippen LogP contribution in [0.2, 0.25) is 0 Å². The van der Waals surface area contributed by atoms with Gasteiger partial charge in [0.15, 0.2) is 0 Å². The number of fused-ring (bicyclic) bond motifs is 1. The van der Waals surface area contributed by atoms with Crippen molar-refractivity contribution in [2.75, 3.05) is 20.3 Å². The van der Waals surface area contributed by atoms with E-state index in [-0.39, 0.29) is 11.9 Å². The lowest BCUT2D eigenvalue weighted by molar-refractivity contribution is -0.123. The minimum atomic E-state index is -0.527. The summed E-state index contributed by atoms with van der Waals surface area (Å²) in [6.45, 7) is 1.48. The summed E-state index contributed by atoms with van der Waals surface area (Å²) in [5, 5.41) is 15.6. The van der Waals surface area contributed by atoms with Crippen molar-refractivity contribution in [1.82, 2.24) is 10.6 Å². The van der Waals surface area contributed by atoms with Gasteiger partial charge in [0.2, 0.25) is 5.91 Å². The molecule has 0 saturated heterocycles. The van der Waals surface area contributed by atoms with Gasteiger partial charge in [-0.2, -0.15) is 0 Å². The van der Waals surface area contributed by atoms with Crippen LogP contribution >= 0.6 is 0 Å². The Bertz CT molecular complexity index is 450. The number of aliphatic hydroxyl groups excluding tert-OH is 1. The number of ether oxygens (including phenoxy) is 1. The maximum absolute atomic E-state index is 12.1. The highest BCUT2D eigenvalue weighted by molar-refractivity contribution is 5.82. The number of rotatable bonds is 6. The molecule has 1 amide bonds. The molecule has 1 heterocycles. The van der Waals surface area contributed by atoms with E-state index < -0.39 is 6.10 Å². The summed E-state index contributed by atoms with van der Waals surface area (Å²) in [5.41, 5.74) is 2.48. The molecule has 110 valence electrons. The molecule has 0 aliphatic carbocycles. The molecule has 0 aromatic heterocycles. The second kappa shape index (κ2) is 7.38. The highest BCUT2D eigenvalue weighted by atomic mass is 16.5. The van der Waals surface area contributed by atoms with Gasteiger partial charge < -0.3 is 20.5 Å². The lowest BCUT2D eigenvalue weighted by atomic mass is 9.95. The smallest absolute Gasteiger partial charge is 0.237 e. The Morgan fingerprint density at radius 2 is 2.25 bits per heavy atom. The first-order chi connectivity index (χ1) is 9.70. The topological polar surface area (TPSA) is 70.6 Å². The molecule has 2 unspecified atom stereocenters. The van der Waals surface area contributed by atoms with E-state index in [1.165, 1.54) is 11.1 Å². The summed E-state index contributed by atoms with van der Waals surface area (Å²) in [6.07, 6.45) is 0.686. The number of hydrogen-bond acceptors (Lipinski definition) is 4. The number of benzene rings is 1. The SMILES string of the molecule is COCC(O)CCNC(=O)C1Cc2ccccc2CN1. The molecule has 1 aromatic rings. The Balaban J connectivity index is 1.77. The fourth-order valence-corrected chi connectivity index (χ4v) is 2.40. The molecule has 0 saturated carbocycles. The summed E-state index contributed by atoms with van der Waals surface area (Å²) < 4.78 is 4.84. The molecule has 1 aliphatic rings. The van der Waals surface area contributed by atoms with Crippen molar-refractivity contribution in [2.45, 2.75) is 31.5 Å². The molecular weight excluding hydrogens is 256 g/mol. The van der Waals surface area contributed by atoms with Gasteiger partial charge in [0.25, 0.3) is 0 Å². The monoisotopic (exact) mass is 278 g/mol. The van der Waals surface area contributed by atoms with E-state index in [2.05, 4.69) is 22.8 Å². The van der Waals surface area contributed by atoms with Gasteiger partial charge in [-0.05, 0) is 24.0 Å². The van der Waals surface area contributed by atoms with Gasteiger partial charge in [0, 0.05) is 20.2 Å². The Morgan fingerprint density at radius 1 is 1.50 bits per heavy atom.